The van der Waals surface area contributed by atoms with E-state index in [0.29, 0.717) is 0 Å². The smallest absolute Gasteiger partial charge is 0.0960 e. The highest BCUT2D eigenvalue weighted by atomic mass is 32.2. The van der Waals surface area contributed by atoms with Gasteiger partial charge in [0.15, 0.2) is 0 Å². The highest BCUT2D eigenvalue weighted by Crippen LogP contribution is 2.12. The Labute approximate surface area is 88.1 Å². The molecule has 0 radical (unpaired) electrons. The fourth-order valence-corrected chi connectivity index (χ4v) is 1.64. The van der Waals surface area contributed by atoms with E-state index in [-0.39, 0.29) is 0 Å². The molecule has 70 valence electrons. The van der Waals surface area contributed by atoms with Gasteiger partial charge in [0.25, 0.3) is 0 Å². The summed E-state index contributed by atoms with van der Waals surface area (Å²) in [6.07, 6.45) is 1.81. The predicted octanol–water partition coefficient (Wildman–Crippen LogP) is 2.11. The van der Waals surface area contributed by atoms with Crippen LogP contribution in [0.25, 0.3) is 0 Å². The van der Waals surface area contributed by atoms with E-state index in [9.17, 15) is 0 Å². The number of nitrogens with zero attached hydrogens (tertiary/aromatic N) is 1. The molecule has 13 heavy (non-hydrogen) atoms. The lowest BCUT2D eigenvalue weighted by atomic mass is 10.5. The third kappa shape index (κ3) is 4.85. The lowest BCUT2D eigenvalue weighted by molar-refractivity contribution is 0.985. The molecule has 0 bridgehead atoms. The van der Waals surface area contributed by atoms with Crippen LogP contribution in [0, 0.1) is 0 Å². The third-order valence-electron chi connectivity index (χ3n) is 1.36. The van der Waals surface area contributed by atoms with Crippen molar-refractivity contribution in [3.05, 3.63) is 24.4 Å². The van der Waals surface area contributed by atoms with Crippen molar-refractivity contribution in [3.8, 4) is 0 Å². The quantitative estimate of drug-likeness (QED) is 0.469. The fourth-order valence-electron chi connectivity index (χ4n) is 0.815. The van der Waals surface area contributed by atoms with Gasteiger partial charge in [-0.3, -0.25) is 0 Å². The Bertz CT molecular complexity index is 262. The van der Waals surface area contributed by atoms with Crippen molar-refractivity contribution in [2.75, 3.05) is 12.3 Å². The summed E-state index contributed by atoms with van der Waals surface area (Å²) in [5.41, 5.74) is 0. The van der Waals surface area contributed by atoms with Gasteiger partial charge in [-0.1, -0.05) is 18.3 Å². The molecule has 0 atom stereocenters. The molecule has 0 unspecified atom stereocenters. The number of hydrogen-bond donors (Lipinski definition) is 1. The van der Waals surface area contributed by atoms with E-state index < -0.39 is 0 Å². The van der Waals surface area contributed by atoms with E-state index >= 15 is 0 Å². The molecule has 4 heteroatoms. The van der Waals surface area contributed by atoms with E-state index in [1.165, 1.54) is 0 Å². The van der Waals surface area contributed by atoms with Crippen LogP contribution in [0.4, 0.5) is 0 Å². The Morgan fingerprint density at radius 2 is 2.46 bits per heavy atom. The lowest BCUT2D eigenvalue weighted by Gasteiger charge is -2.02. The first-order chi connectivity index (χ1) is 6.29. The fraction of sp³-hybridized carbons (Fsp3) is 0.333. The highest BCUT2D eigenvalue weighted by molar-refractivity contribution is 7.99. The summed E-state index contributed by atoms with van der Waals surface area (Å²) in [5, 5.41) is 4.16. The largest absolute Gasteiger partial charge is 0.379 e. The molecule has 1 heterocycles. The normalized spacial score (nSPS) is 9.62. The van der Waals surface area contributed by atoms with Gasteiger partial charge in [-0.25, -0.2) is 4.98 Å². The maximum atomic E-state index is 4.89. The summed E-state index contributed by atoms with van der Waals surface area (Å²) in [5.74, 6) is 0.991. The van der Waals surface area contributed by atoms with Gasteiger partial charge in [0, 0.05) is 18.5 Å². The monoisotopic (exact) mass is 212 g/mol. The Morgan fingerprint density at radius 3 is 3.08 bits per heavy atom. The minimum Gasteiger partial charge on any atom is -0.379 e. The number of thiocarbonyl (C=S) groups is 1. The van der Waals surface area contributed by atoms with Gasteiger partial charge in [0.05, 0.1) is 10.0 Å². The number of pyridine rings is 1. The van der Waals surface area contributed by atoms with Gasteiger partial charge >= 0.3 is 0 Å². The Morgan fingerprint density at radius 1 is 1.62 bits per heavy atom. The zero-order valence-corrected chi connectivity index (χ0v) is 9.12. The maximum Gasteiger partial charge on any atom is 0.0960 e. The van der Waals surface area contributed by atoms with Crippen molar-refractivity contribution in [1.29, 1.82) is 0 Å². The van der Waals surface area contributed by atoms with Gasteiger partial charge in [-0.05, 0) is 19.1 Å². The topological polar surface area (TPSA) is 24.9 Å². The molecule has 0 aliphatic rings. The first-order valence-corrected chi connectivity index (χ1v) is 5.46. The number of thioether (sulfide) groups is 1. The first-order valence-electron chi connectivity index (χ1n) is 4.07. The second-order valence-electron chi connectivity index (χ2n) is 2.50. The van der Waals surface area contributed by atoms with Crippen molar-refractivity contribution < 1.29 is 0 Å². The Kier molecular flexibility index (Phi) is 4.78. The van der Waals surface area contributed by atoms with E-state index in [1.54, 1.807) is 18.0 Å². The molecule has 0 saturated heterocycles. The van der Waals surface area contributed by atoms with Gasteiger partial charge in [-0.2, -0.15) is 0 Å². The van der Waals surface area contributed by atoms with Crippen LogP contribution in [-0.2, 0) is 0 Å². The van der Waals surface area contributed by atoms with E-state index in [0.717, 1.165) is 22.3 Å². The second-order valence-corrected chi connectivity index (χ2v) is 4.23. The molecule has 1 rings (SSSR count). The van der Waals surface area contributed by atoms with Crippen LogP contribution in [0.1, 0.15) is 6.92 Å². The van der Waals surface area contributed by atoms with Crippen molar-refractivity contribution >= 4 is 29.0 Å². The average molecular weight is 212 g/mol. The standard InChI is InChI=1S/C9H12N2S2/c1-8(12)10-6-7-13-9-4-2-3-5-11-9/h2-5H,6-7H2,1H3,(H,10,12). The SMILES string of the molecule is CC(=S)NCCSc1ccccn1. The van der Waals surface area contributed by atoms with Gasteiger partial charge in [0.1, 0.15) is 0 Å². The first kappa shape index (κ1) is 10.5. The van der Waals surface area contributed by atoms with Crippen molar-refractivity contribution in [2.45, 2.75) is 11.9 Å². The van der Waals surface area contributed by atoms with Crippen LogP contribution < -0.4 is 5.32 Å². The molecule has 0 aliphatic carbocycles. The molecule has 2 nitrogen and oxygen atoms in total. The average Bonchev–Trinajstić information content (AvgIpc) is 2.14. The molecule has 0 aromatic carbocycles. The molecule has 0 amide bonds. The molecular formula is C9H12N2S2. The maximum absolute atomic E-state index is 4.89. The van der Waals surface area contributed by atoms with Crippen molar-refractivity contribution in [2.24, 2.45) is 0 Å². The summed E-state index contributed by atoms with van der Waals surface area (Å²) in [6, 6.07) is 5.92. The van der Waals surface area contributed by atoms with Gasteiger partial charge in [0.2, 0.25) is 0 Å². The summed E-state index contributed by atoms with van der Waals surface area (Å²) >= 11 is 6.62. The number of aromatic nitrogens is 1. The van der Waals surface area contributed by atoms with Gasteiger partial charge < -0.3 is 5.32 Å². The zero-order valence-electron chi connectivity index (χ0n) is 7.49. The zero-order chi connectivity index (χ0) is 9.52. The molecule has 1 aromatic heterocycles. The summed E-state index contributed by atoms with van der Waals surface area (Å²) < 4.78 is 0. The summed E-state index contributed by atoms with van der Waals surface area (Å²) in [7, 11) is 0. The summed E-state index contributed by atoms with van der Waals surface area (Å²) in [4.78, 5) is 5.05. The van der Waals surface area contributed by atoms with Crippen molar-refractivity contribution in [3.63, 3.8) is 0 Å². The molecule has 0 aliphatic heterocycles. The molecular weight excluding hydrogens is 200 g/mol. The number of nitrogens with one attached hydrogen (secondary N) is 1. The van der Waals surface area contributed by atoms with E-state index in [1.807, 2.05) is 25.1 Å². The van der Waals surface area contributed by atoms with Crippen molar-refractivity contribution in [1.82, 2.24) is 10.3 Å². The Balaban J connectivity index is 2.17. The van der Waals surface area contributed by atoms with Crippen LogP contribution in [0.15, 0.2) is 29.4 Å². The van der Waals surface area contributed by atoms with Gasteiger partial charge in [-0.15, -0.1) is 11.8 Å². The van der Waals surface area contributed by atoms with Crippen LogP contribution in [0.3, 0.4) is 0 Å². The number of rotatable bonds is 4. The molecule has 0 fully saturated rings. The van der Waals surface area contributed by atoms with Crippen LogP contribution in [0.2, 0.25) is 0 Å². The number of hydrogen-bond acceptors (Lipinski definition) is 3. The second kappa shape index (κ2) is 5.94. The van der Waals surface area contributed by atoms with Crippen LogP contribution in [0.5, 0.6) is 0 Å². The minimum absolute atomic E-state index is 0.849. The molecule has 0 saturated carbocycles. The van der Waals surface area contributed by atoms with Crippen LogP contribution >= 0.6 is 24.0 Å². The Hall–Kier alpha value is -0.610. The van der Waals surface area contributed by atoms with E-state index in [2.05, 4.69) is 10.3 Å². The minimum atomic E-state index is 0.849. The van der Waals surface area contributed by atoms with E-state index in [4.69, 9.17) is 12.2 Å². The summed E-state index contributed by atoms with van der Waals surface area (Å²) in [6.45, 7) is 2.79. The highest BCUT2D eigenvalue weighted by Gasteiger charge is 1.93. The predicted molar refractivity (Wildman–Crippen MR) is 61.2 cm³/mol. The molecule has 1 N–H and O–H groups in total. The van der Waals surface area contributed by atoms with Crippen LogP contribution in [-0.4, -0.2) is 22.3 Å². The molecule has 1 aromatic rings. The third-order valence-corrected chi connectivity index (χ3v) is 2.45. The lowest BCUT2D eigenvalue weighted by Crippen LogP contribution is -2.20. The molecule has 0 spiro atoms.